The van der Waals surface area contributed by atoms with Gasteiger partial charge < -0.3 is 5.73 Å². The molecular formula is C11H16N6O2S. The van der Waals surface area contributed by atoms with E-state index in [9.17, 15) is 8.42 Å². The third-order valence-electron chi connectivity index (χ3n) is 2.90. The van der Waals surface area contributed by atoms with Gasteiger partial charge in [-0.2, -0.15) is 5.21 Å². The number of hydrogen-bond acceptors (Lipinski definition) is 6. The molecule has 1 heterocycles. The maximum Gasteiger partial charge on any atom is 0.240 e. The topological polar surface area (TPSA) is 127 Å². The lowest BCUT2D eigenvalue weighted by molar-refractivity contribution is 0.579. The number of nitrogens with one attached hydrogen (secondary N) is 2. The quantitative estimate of drug-likeness (QED) is 0.671. The van der Waals surface area contributed by atoms with Crippen molar-refractivity contribution in [2.24, 2.45) is 5.73 Å². The summed E-state index contributed by atoms with van der Waals surface area (Å²) in [5, 5.41) is 13.0. The van der Waals surface area contributed by atoms with Crippen LogP contribution in [0.25, 0.3) is 0 Å². The molecule has 2 aromatic rings. The molecule has 0 aliphatic rings. The highest BCUT2D eigenvalue weighted by Gasteiger charge is 2.16. The summed E-state index contributed by atoms with van der Waals surface area (Å²) in [6.45, 7) is 2.28. The molecule has 0 radical (unpaired) electrons. The molecule has 2 rings (SSSR count). The third kappa shape index (κ3) is 3.18. The maximum atomic E-state index is 12.2. The Kier molecular flexibility index (Phi) is 4.42. The lowest BCUT2D eigenvalue weighted by Gasteiger charge is -2.10. The monoisotopic (exact) mass is 296 g/mol. The zero-order valence-corrected chi connectivity index (χ0v) is 11.8. The van der Waals surface area contributed by atoms with Crippen LogP contribution in [0.2, 0.25) is 0 Å². The number of H-pyrrole nitrogens is 1. The Morgan fingerprint density at radius 3 is 2.75 bits per heavy atom. The molecule has 0 bridgehead atoms. The largest absolute Gasteiger partial charge is 0.326 e. The number of sulfonamides is 1. The first kappa shape index (κ1) is 14.6. The molecule has 0 aliphatic carbocycles. The van der Waals surface area contributed by atoms with Gasteiger partial charge in [-0.3, -0.25) is 0 Å². The van der Waals surface area contributed by atoms with Crippen molar-refractivity contribution in [1.82, 2.24) is 25.3 Å². The summed E-state index contributed by atoms with van der Waals surface area (Å²) >= 11 is 0. The van der Waals surface area contributed by atoms with E-state index in [0.717, 1.165) is 17.5 Å². The van der Waals surface area contributed by atoms with Crippen LogP contribution in [0.3, 0.4) is 0 Å². The maximum absolute atomic E-state index is 12.2. The Morgan fingerprint density at radius 2 is 2.15 bits per heavy atom. The number of aromatic nitrogens is 4. The van der Waals surface area contributed by atoms with E-state index < -0.39 is 10.0 Å². The lowest BCUT2D eigenvalue weighted by Crippen LogP contribution is -2.24. The van der Waals surface area contributed by atoms with E-state index in [1.807, 2.05) is 6.92 Å². The second-order valence-corrected chi connectivity index (χ2v) is 5.91. The van der Waals surface area contributed by atoms with Gasteiger partial charge >= 0.3 is 0 Å². The smallest absolute Gasteiger partial charge is 0.240 e. The number of aryl methyl sites for hydroxylation is 1. The van der Waals surface area contributed by atoms with Crippen LogP contribution in [0.4, 0.5) is 0 Å². The predicted octanol–water partition coefficient (Wildman–Crippen LogP) is -0.301. The first-order chi connectivity index (χ1) is 9.56. The van der Waals surface area contributed by atoms with Gasteiger partial charge in [0.1, 0.15) is 0 Å². The normalized spacial score (nSPS) is 11.7. The fraction of sp³-hybridized carbons (Fsp3) is 0.364. The summed E-state index contributed by atoms with van der Waals surface area (Å²) in [6.07, 6.45) is 0.809. The third-order valence-corrected chi connectivity index (χ3v) is 4.30. The molecule has 0 spiro atoms. The van der Waals surface area contributed by atoms with Crippen molar-refractivity contribution in [3.8, 4) is 0 Å². The molecule has 0 unspecified atom stereocenters. The highest BCUT2D eigenvalue weighted by molar-refractivity contribution is 7.89. The van der Waals surface area contributed by atoms with Gasteiger partial charge in [-0.05, 0) is 29.7 Å². The highest BCUT2D eigenvalue weighted by atomic mass is 32.2. The van der Waals surface area contributed by atoms with Crippen molar-refractivity contribution in [3.63, 3.8) is 0 Å². The number of nitrogens with two attached hydrogens (primary N) is 1. The minimum atomic E-state index is -3.62. The fourth-order valence-electron chi connectivity index (χ4n) is 1.80. The molecule has 1 aromatic carbocycles. The van der Waals surface area contributed by atoms with Crippen LogP contribution in [0.15, 0.2) is 23.1 Å². The average molecular weight is 296 g/mol. The summed E-state index contributed by atoms with van der Waals surface area (Å²) in [5.74, 6) is 0.276. The molecule has 9 heteroatoms. The second-order valence-electron chi connectivity index (χ2n) is 4.14. The van der Waals surface area contributed by atoms with Crippen LogP contribution in [-0.2, 0) is 29.5 Å². The van der Waals surface area contributed by atoms with Crippen molar-refractivity contribution >= 4 is 10.0 Å². The van der Waals surface area contributed by atoms with E-state index >= 15 is 0 Å². The fourth-order valence-corrected chi connectivity index (χ4v) is 2.84. The van der Waals surface area contributed by atoms with Crippen molar-refractivity contribution in [2.75, 3.05) is 0 Å². The minimum Gasteiger partial charge on any atom is -0.326 e. The van der Waals surface area contributed by atoms with E-state index in [4.69, 9.17) is 5.73 Å². The van der Waals surface area contributed by atoms with Gasteiger partial charge in [0.2, 0.25) is 10.0 Å². The van der Waals surface area contributed by atoms with E-state index in [1.54, 1.807) is 18.2 Å². The van der Waals surface area contributed by atoms with Crippen molar-refractivity contribution in [2.45, 2.75) is 31.3 Å². The number of benzene rings is 1. The molecule has 0 fully saturated rings. The van der Waals surface area contributed by atoms with Gasteiger partial charge in [0, 0.05) is 6.54 Å². The van der Waals surface area contributed by atoms with Crippen LogP contribution in [0, 0.1) is 0 Å². The summed E-state index contributed by atoms with van der Waals surface area (Å²) < 4.78 is 26.7. The molecule has 8 nitrogen and oxygen atoms in total. The van der Waals surface area contributed by atoms with Gasteiger partial charge in [-0.1, -0.05) is 18.2 Å². The summed E-state index contributed by atoms with van der Waals surface area (Å²) in [7, 11) is -3.62. The standard InChI is InChI=1S/C11H16N6O2S/c1-2-8-3-4-10(5-9(8)6-12)20(18,19)13-7-11-14-16-17-15-11/h3-5,13H,2,6-7,12H2,1H3,(H,14,15,16,17). The van der Waals surface area contributed by atoms with Gasteiger partial charge in [-0.25, -0.2) is 13.1 Å². The predicted molar refractivity (Wildman–Crippen MR) is 71.9 cm³/mol. The van der Waals surface area contributed by atoms with Gasteiger partial charge in [-0.15, -0.1) is 10.2 Å². The average Bonchev–Trinajstić information content (AvgIpc) is 2.97. The van der Waals surface area contributed by atoms with E-state index in [0.29, 0.717) is 6.54 Å². The molecular weight excluding hydrogens is 280 g/mol. The van der Waals surface area contributed by atoms with Gasteiger partial charge in [0.05, 0.1) is 11.4 Å². The van der Waals surface area contributed by atoms with Gasteiger partial charge in [0.25, 0.3) is 0 Å². The van der Waals surface area contributed by atoms with Crippen LogP contribution in [0.5, 0.6) is 0 Å². The van der Waals surface area contributed by atoms with Crippen molar-refractivity contribution in [3.05, 3.63) is 35.2 Å². The Labute approximate surface area is 116 Å². The van der Waals surface area contributed by atoms with E-state index in [1.165, 1.54) is 0 Å². The summed E-state index contributed by atoms with van der Waals surface area (Å²) in [6, 6.07) is 4.94. The van der Waals surface area contributed by atoms with Gasteiger partial charge in [0.15, 0.2) is 5.82 Å². The molecule has 1 aromatic heterocycles. The number of hydrogen-bond donors (Lipinski definition) is 3. The molecule has 0 atom stereocenters. The zero-order chi connectivity index (χ0) is 14.6. The molecule has 0 saturated heterocycles. The molecule has 4 N–H and O–H groups in total. The summed E-state index contributed by atoms with van der Waals surface area (Å²) in [4.78, 5) is 0.179. The van der Waals surface area contributed by atoms with Crippen LogP contribution in [-0.4, -0.2) is 29.0 Å². The van der Waals surface area contributed by atoms with Crippen molar-refractivity contribution in [1.29, 1.82) is 0 Å². The number of nitrogens with zero attached hydrogens (tertiary/aromatic N) is 3. The van der Waals surface area contributed by atoms with Crippen LogP contribution in [0.1, 0.15) is 23.9 Å². The lowest BCUT2D eigenvalue weighted by atomic mass is 10.1. The zero-order valence-electron chi connectivity index (χ0n) is 11.0. The summed E-state index contributed by atoms with van der Waals surface area (Å²) in [5.41, 5.74) is 7.52. The van der Waals surface area contributed by atoms with Crippen LogP contribution >= 0.6 is 0 Å². The number of aromatic amines is 1. The Hall–Kier alpha value is -1.84. The minimum absolute atomic E-state index is 0.0215. The number of tetrazole rings is 1. The Bertz CT molecular complexity index is 668. The van der Waals surface area contributed by atoms with Crippen LogP contribution < -0.4 is 10.5 Å². The first-order valence-corrected chi connectivity index (χ1v) is 7.59. The molecule has 108 valence electrons. The first-order valence-electron chi connectivity index (χ1n) is 6.10. The molecule has 0 amide bonds. The number of rotatable bonds is 6. The highest BCUT2D eigenvalue weighted by Crippen LogP contribution is 2.16. The van der Waals surface area contributed by atoms with E-state index in [2.05, 4.69) is 25.3 Å². The van der Waals surface area contributed by atoms with E-state index in [-0.39, 0.29) is 17.3 Å². The Morgan fingerprint density at radius 1 is 1.35 bits per heavy atom. The SMILES string of the molecule is CCc1ccc(S(=O)(=O)NCc2nn[nH]n2)cc1CN. The molecule has 0 aliphatic heterocycles. The van der Waals surface area contributed by atoms with Crippen molar-refractivity contribution < 1.29 is 8.42 Å². The Balaban J connectivity index is 2.20. The second kappa shape index (κ2) is 6.07. The molecule has 20 heavy (non-hydrogen) atoms. The molecule has 0 saturated carbocycles.